The third kappa shape index (κ3) is 2.90. The molecule has 1 saturated heterocycles. The van der Waals surface area contributed by atoms with Gasteiger partial charge in [0.15, 0.2) is 5.82 Å². The molecule has 6 nitrogen and oxygen atoms in total. The summed E-state index contributed by atoms with van der Waals surface area (Å²) in [4.78, 5) is 6.62. The Hall–Kier alpha value is -1.28. The Kier molecular flexibility index (Phi) is 4.11. The van der Waals surface area contributed by atoms with Crippen LogP contribution in [0.25, 0.3) is 11.5 Å². The second-order valence-electron chi connectivity index (χ2n) is 4.94. The van der Waals surface area contributed by atoms with Crippen molar-refractivity contribution >= 4 is 11.3 Å². The van der Waals surface area contributed by atoms with Crippen molar-refractivity contribution in [3.63, 3.8) is 0 Å². The van der Waals surface area contributed by atoms with Crippen LogP contribution < -0.4 is 0 Å². The van der Waals surface area contributed by atoms with Crippen molar-refractivity contribution in [1.29, 1.82) is 0 Å². The molecule has 2 unspecified atom stereocenters. The van der Waals surface area contributed by atoms with Crippen LogP contribution in [0.15, 0.2) is 21.3 Å². The summed E-state index contributed by atoms with van der Waals surface area (Å²) in [6.45, 7) is 4.03. The third-order valence-corrected chi connectivity index (χ3v) is 4.10. The molecule has 0 aromatic carbocycles. The first kappa shape index (κ1) is 13.7. The van der Waals surface area contributed by atoms with Crippen LogP contribution in [-0.2, 0) is 11.3 Å². The zero-order valence-electron chi connectivity index (χ0n) is 11.2. The van der Waals surface area contributed by atoms with E-state index in [1.165, 1.54) is 0 Å². The van der Waals surface area contributed by atoms with E-state index < -0.39 is 0 Å². The van der Waals surface area contributed by atoms with Crippen molar-refractivity contribution in [1.82, 2.24) is 15.0 Å². The Morgan fingerprint density at radius 3 is 3.20 bits per heavy atom. The standard InChI is InChI=1S/C13H17N3O3S/c1-9-7-18-11(6-17)4-16(9)5-12-14-13(19-15-12)10-2-3-20-8-10/h2-3,8-9,11,17H,4-7H2,1H3. The first-order valence-electron chi connectivity index (χ1n) is 6.58. The fraction of sp³-hybridized carbons (Fsp3) is 0.538. The number of ether oxygens (including phenoxy) is 1. The minimum Gasteiger partial charge on any atom is -0.394 e. The second-order valence-corrected chi connectivity index (χ2v) is 5.72. The molecule has 1 N–H and O–H groups in total. The van der Waals surface area contributed by atoms with E-state index in [0.29, 0.717) is 31.4 Å². The molecule has 2 atom stereocenters. The highest BCUT2D eigenvalue weighted by molar-refractivity contribution is 7.08. The first-order chi connectivity index (χ1) is 9.76. The van der Waals surface area contributed by atoms with Gasteiger partial charge in [0.25, 0.3) is 5.89 Å². The molecule has 3 rings (SSSR count). The number of hydrogen-bond donors (Lipinski definition) is 1. The predicted molar refractivity (Wildman–Crippen MR) is 74.3 cm³/mol. The van der Waals surface area contributed by atoms with Crippen molar-refractivity contribution in [3.8, 4) is 11.5 Å². The SMILES string of the molecule is CC1COC(CO)CN1Cc1noc(-c2ccsc2)n1. The smallest absolute Gasteiger partial charge is 0.258 e. The molecule has 0 amide bonds. The van der Waals surface area contributed by atoms with E-state index in [9.17, 15) is 5.11 Å². The molecule has 0 radical (unpaired) electrons. The van der Waals surface area contributed by atoms with Gasteiger partial charge < -0.3 is 14.4 Å². The highest BCUT2D eigenvalue weighted by atomic mass is 32.1. The molecule has 1 fully saturated rings. The number of morpholine rings is 1. The van der Waals surface area contributed by atoms with Crippen LogP contribution in [0.1, 0.15) is 12.7 Å². The number of thiophene rings is 1. The number of aliphatic hydroxyl groups excluding tert-OH is 1. The molecule has 3 heterocycles. The Labute approximate surface area is 121 Å². The summed E-state index contributed by atoms with van der Waals surface area (Å²) in [5, 5.41) is 17.2. The fourth-order valence-corrected chi connectivity index (χ4v) is 2.84. The lowest BCUT2D eigenvalue weighted by Crippen LogP contribution is -2.49. The summed E-state index contributed by atoms with van der Waals surface area (Å²) < 4.78 is 10.8. The van der Waals surface area contributed by atoms with Gasteiger partial charge in [-0.2, -0.15) is 16.3 Å². The van der Waals surface area contributed by atoms with Crippen LogP contribution in [0, 0.1) is 0 Å². The molecule has 2 aromatic rings. The van der Waals surface area contributed by atoms with E-state index in [4.69, 9.17) is 9.26 Å². The van der Waals surface area contributed by atoms with Gasteiger partial charge in [0.2, 0.25) is 0 Å². The van der Waals surface area contributed by atoms with E-state index in [1.807, 2.05) is 16.8 Å². The van der Waals surface area contributed by atoms with Crippen LogP contribution in [0.3, 0.4) is 0 Å². The molecular weight excluding hydrogens is 278 g/mol. The van der Waals surface area contributed by atoms with E-state index >= 15 is 0 Å². The molecule has 20 heavy (non-hydrogen) atoms. The van der Waals surface area contributed by atoms with E-state index in [-0.39, 0.29) is 18.8 Å². The van der Waals surface area contributed by atoms with Gasteiger partial charge in [-0.05, 0) is 18.4 Å². The highest BCUT2D eigenvalue weighted by Crippen LogP contribution is 2.21. The predicted octanol–water partition coefficient (Wildman–Crippen LogP) is 1.38. The summed E-state index contributed by atoms with van der Waals surface area (Å²) in [5.74, 6) is 1.22. The first-order valence-corrected chi connectivity index (χ1v) is 7.52. The molecule has 2 aromatic heterocycles. The Morgan fingerprint density at radius 1 is 1.55 bits per heavy atom. The summed E-state index contributed by atoms with van der Waals surface area (Å²) in [5.41, 5.74) is 0.956. The Bertz CT molecular complexity index is 543. The van der Waals surface area contributed by atoms with Gasteiger partial charge >= 0.3 is 0 Å². The van der Waals surface area contributed by atoms with Gasteiger partial charge in [0.05, 0.1) is 31.4 Å². The largest absolute Gasteiger partial charge is 0.394 e. The topological polar surface area (TPSA) is 71.6 Å². The van der Waals surface area contributed by atoms with Crippen LogP contribution in [0.5, 0.6) is 0 Å². The number of aromatic nitrogens is 2. The molecule has 0 aliphatic carbocycles. The minimum absolute atomic E-state index is 0.0373. The number of hydrogen-bond acceptors (Lipinski definition) is 7. The molecule has 1 aliphatic rings. The van der Waals surface area contributed by atoms with Gasteiger partial charge in [-0.25, -0.2) is 0 Å². The third-order valence-electron chi connectivity index (χ3n) is 3.42. The highest BCUT2D eigenvalue weighted by Gasteiger charge is 2.26. The molecule has 108 valence electrons. The zero-order valence-corrected chi connectivity index (χ0v) is 12.0. The normalized spacial score (nSPS) is 24.1. The molecule has 1 aliphatic heterocycles. The van der Waals surface area contributed by atoms with Gasteiger partial charge in [0, 0.05) is 18.0 Å². The molecular formula is C13H17N3O3S. The van der Waals surface area contributed by atoms with E-state index in [1.54, 1.807) is 11.3 Å². The average Bonchev–Trinajstić information content (AvgIpc) is 3.12. The van der Waals surface area contributed by atoms with Crippen molar-refractivity contribution in [2.24, 2.45) is 0 Å². The zero-order chi connectivity index (χ0) is 13.9. The number of nitrogens with zero attached hydrogens (tertiary/aromatic N) is 3. The van der Waals surface area contributed by atoms with Crippen LogP contribution in [0.4, 0.5) is 0 Å². The summed E-state index contributed by atoms with van der Waals surface area (Å²) >= 11 is 1.60. The maximum Gasteiger partial charge on any atom is 0.258 e. The lowest BCUT2D eigenvalue weighted by Gasteiger charge is -2.36. The Morgan fingerprint density at radius 2 is 2.45 bits per heavy atom. The lowest BCUT2D eigenvalue weighted by molar-refractivity contribution is -0.0813. The molecule has 0 spiro atoms. The van der Waals surface area contributed by atoms with Crippen LogP contribution in [0.2, 0.25) is 0 Å². The van der Waals surface area contributed by atoms with Crippen molar-refractivity contribution in [3.05, 3.63) is 22.7 Å². The molecule has 0 saturated carbocycles. The van der Waals surface area contributed by atoms with Crippen LogP contribution in [-0.4, -0.2) is 52.1 Å². The molecule has 7 heteroatoms. The number of aliphatic hydroxyl groups is 1. The summed E-state index contributed by atoms with van der Waals surface area (Å²) in [7, 11) is 0. The second kappa shape index (κ2) is 6.01. The van der Waals surface area contributed by atoms with Gasteiger partial charge in [-0.15, -0.1) is 0 Å². The monoisotopic (exact) mass is 295 g/mol. The van der Waals surface area contributed by atoms with E-state index in [2.05, 4.69) is 22.0 Å². The van der Waals surface area contributed by atoms with Crippen molar-refractivity contribution < 1.29 is 14.4 Å². The Balaban J connectivity index is 1.68. The maximum atomic E-state index is 9.19. The summed E-state index contributed by atoms with van der Waals surface area (Å²) in [6, 6.07) is 2.24. The van der Waals surface area contributed by atoms with Gasteiger partial charge in [0.1, 0.15) is 0 Å². The fourth-order valence-electron chi connectivity index (χ4n) is 2.21. The van der Waals surface area contributed by atoms with Gasteiger partial charge in [-0.1, -0.05) is 5.16 Å². The van der Waals surface area contributed by atoms with E-state index in [0.717, 1.165) is 5.56 Å². The maximum absolute atomic E-state index is 9.19. The van der Waals surface area contributed by atoms with Crippen molar-refractivity contribution in [2.75, 3.05) is 19.8 Å². The lowest BCUT2D eigenvalue weighted by atomic mass is 10.2. The quantitative estimate of drug-likeness (QED) is 0.919. The number of rotatable bonds is 4. The van der Waals surface area contributed by atoms with Crippen molar-refractivity contribution in [2.45, 2.75) is 25.6 Å². The van der Waals surface area contributed by atoms with Crippen LogP contribution >= 0.6 is 11.3 Å². The van der Waals surface area contributed by atoms with Gasteiger partial charge in [-0.3, -0.25) is 4.90 Å². The minimum atomic E-state index is -0.130. The average molecular weight is 295 g/mol. The summed E-state index contributed by atoms with van der Waals surface area (Å²) in [6.07, 6.45) is -0.130. The molecule has 0 bridgehead atoms.